The molecule has 1 aromatic carbocycles. The van der Waals surface area contributed by atoms with Crippen LogP contribution in [0.1, 0.15) is 17.1 Å². The van der Waals surface area contributed by atoms with Gasteiger partial charge in [0.2, 0.25) is 15.9 Å². The summed E-state index contributed by atoms with van der Waals surface area (Å²) < 4.78 is 81.9. The van der Waals surface area contributed by atoms with Crippen molar-refractivity contribution in [2.24, 2.45) is 0 Å². The molecule has 0 saturated carbocycles. The van der Waals surface area contributed by atoms with E-state index in [-0.39, 0.29) is 24.2 Å². The van der Waals surface area contributed by atoms with E-state index in [2.05, 4.69) is 19.6 Å². The molecule has 0 unspecified atom stereocenters. The van der Waals surface area contributed by atoms with Gasteiger partial charge in [-0.1, -0.05) is 12.1 Å². The number of halogens is 4. The van der Waals surface area contributed by atoms with Gasteiger partial charge in [0.15, 0.2) is 0 Å². The fourth-order valence-electron chi connectivity index (χ4n) is 2.42. The normalized spacial score (nSPS) is 12.5. The first kappa shape index (κ1) is 20.9. The van der Waals surface area contributed by atoms with Gasteiger partial charge in [-0.3, -0.25) is 4.98 Å². The third-order valence-corrected chi connectivity index (χ3v) is 5.04. The van der Waals surface area contributed by atoms with E-state index < -0.39 is 33.8 Å². The molecule has 29 heavy (non-hydrogen) atoms. The Balaban J connectivity index is 1.84. The zero-order valence-corrected chi connectivity index (χ0v) is 15.7. The highest BCUT2D eigenvalue weighted by atomic mass is 32.2. The Labute approximate surface area is 163 Å². The Kier molecular flexibility index (Phi) is 5.66. The quantitative estimate of drug-likeness (QED) is 0.558. The molecule has 3 rings (SSSR count). The maximum absolute atomic E-state index is 14.5. The third-order valence-electron chi connectivity index (χ3n) is 3.85. The maximum Gasteiger partial charge on any atom is 0.470 e. The van der Waals surface area contributed by atoms with Crippen molar-refractivity contribution in [2.45, 2.75) is 19.3 Å². The summed E-state index contributed by atoms with van der Waals surface area (Å²) in [5.41, 5.74) is 0.427. The summed E-state index contributed by atoms with van der Waals surface area (Å²) >= 11 is 0. The van der Waals surface area contributed by atoms with Gasteiger partial charge in [-0.25, -0.2) is 12.8 Å². The molecule has 0 N–H and O–H groups in total. The van der Waals surface area contributed by atoms with Crippen molar-refractivity contribution in [3.05, 3.63) is 65.6 Å². The third kappa shape index (κ3) is 5.15. The molecule has 3 aromatic rings. The number of alkyl halides is 3. The van der Waals surface area contributed by atoms with E-state index in [1.54, 1.807) is 18.2 Å². The lowest BCUT2D eigenvalue weighted by Gasteiger charge is -2.20. The molecular formula is C17H14F4N4O3S. The zero-order chi connectivity index (χ0) is 21.2. The average molecular weight is 430 g/mol. The van der Waals surface area contributed by atoms with Crippen molar-refractivity contribution >= 4 is 10.0 Å². The zero-order valence-electron chi connectivity index (χ0n) is 14.9. The Bertz CT molecular complexity index is 1100. The minimum Gasteiger partial charge on any atom is -0.413 e. The van der Waals surface area contributed by atoms with Gasteiger partial charge < -0.3 is 4.42 Å². The fraction of sp³-hybridized carbons (Fsp3) is 0.235. The number of hydrogen-bond acceptors (Lipinski definition) is 6. The van der Waals surface area contributed by atoms with E-state index in [1.165, 1.54) is 18.3 Å². The lowest BCUT2D eigenvalue weighted by Crippen LogP contribution is -2.29. The van der Waals surface area contributed by atoms with Gasteiger partial charge in [-0.15, -0.1) is 10.2 Å². The van der Waals surface area contributed by atoms with Crippen molar-refractivity contribution < 1.29 is 30.4 Å². The molecule has 0 bridgehead atoms. The van der Waals surface area contributed by atoms with Crippen LogP contribution in [0.2, 0.25) is 0 Å². The summed E-state index contributed by atoms with van der Waals surface area (Å²) in [4.78, 5) is 4.05. The first-order chi connectivity index (χ1) is 13.5. The van der Waals surface area contributed by atoms with Crippen molar-refractivity contribution in [3.8, 4) is 11.5 Å². The van der Waals surface area contributed by atoms with Crippen molar-refractivity contribution in [3.63, 3.8) is 0 Å². The molecule has 7 nitrogen and oxygen atoms in total. The first-order valence-corrected chi connectivity index (χ1v) is 9.93. The number of nitrogens with zero attached hydrogens (tertiary/aromatic N) is 4. The summed E-state index contributed by atoms with van der Waals surface area (Å²) in [6.45, 7) is -0.362. The molecule has 0 aliphatic heterocycles. The number of benzene rings is 1. The van der Waals surface area contributed by atoms with Crippen LogP contribution in [-0.2, 0) is 29.3 Å². The van der Waals surface area contributed by atoms with Gasteiger partial charge in [0.25, 0.3) is 0 Å². The van der Waals surface area contributed by atoms with Crippen LogP contribution in [0.5, 0.6) is 0 Å². The molecule has 2 heterocycles. The molecular weight excluding hydrogens is 416 g/mol. The Hall–Kier alpha value is -2.86. The van der Waals surface area contributed by atoms with E-state index in [0.29, 0.717) is 5.69 Å². The van der Waals surface area contributed by atoms with Gasteiger partial charge in [0, 0.05) is 23.9 Å². The number of pyridine rings is 1. The SMILES string of the molecule is CS(=O)(=O)N(Cc1ccccn1)Cc1ccc(-c2nnc(C(F)(F)F)o2)cc1F. The number of rotatable bonds is 6. The van der Waals surface area contributed by atoms with Gasteiger partial charge in [-0.2, -0.15) is 17.5 Å². The van der Waals surface area contributed by atoms with Crippen molar-refractivity contribution in [1.29, 1.82) is 0 Å². The predicted molar refractivity (Wildman–Crippen MR) is 93.0 cm³/mol. The highest BCUT2D eigenvalue weighted by Gasteiger charge is 2.38. The van der Waals surface area contributed by atoms with Gasteiger partial charge >= 0.3 is 12.1 Å². The van der Waals surface area contributed by atoms with E-state index in [4.69, 9.17) is 0 Å². The summed E-state index contributed by atoms with van der Waals surface area (Å²) in [6.07, 6.45) is -2.32. The average Bonchev–Trinajstić information content (AvgIpc) is 3.13. The summed E-state index contributed by atoms with van der Waals surface area (Å²) in [5.74, 6) is -2.88. The lowest BCUT2D eigenvalue weighted by atomic mass is 10.1. The summed E-state index contributed by atoms with van der Waals surface area (Å²) in [5, 5.41) is 6.15. The summed E-state index contributed by atoms with van der Waals surface area (Å²) in [7, 11) is -3.69. The Morgan fingerprint density at radius 1 is 1.10 bits per heavy atom. The minimum atomic E-state index is -4.81. The van der Waals surface area contributed by atoms with Gasteiger partial charge in [0.05, 0.1) is 18.5 Å². The molecule has 0 radical (unpaired) electrons. The van der Waals surface area contributed by atoms with Crippen LogP contribution in [0, 0.1) is 5.82 Å². The minimum absolute atomic E-state index is 0.0191. The van der Waals surface area contributed by atoms with Gasteiger partial charge in [0.1, 0.15) is 5.82 Å². The standard InChI is InChI=1S/C17H14F4N4O3S/c1-29(26,27)25(10-13-4-2-3-7-22-13)9-12-6-5-11(8-14(12)18)15-23-24-16(28-15)17(19,20)21/h2-8H,9-10H2,1H3. The molecule has 0 saturated heterocycles. The molecule has 0 aliphatic rings. The second kappa shape index (κ2) is 7.87. The number of hydrogen-bond donors (Lipinski definition) is 0. The second-order valence-corrected chi connectivity index (χ2v) is 8.05. The first-order valence-electron chi connectivity index (χ1n) is 8.08. The van der Waals surface area contributed by atoms with Crippen molar-refractivity contribution in [2.75, 3.05) is 6.26 Å². The van der Waals surface area contributed by atoms with E-state index >= 15 is 0 Å². The number of aromatic nitrogens is 3. The Morgan fingerprint density at radius 3 is 2.41 bits per heavy atom. The number of sulfonamides is 1. The molecule has 2 aromatic heterocycles. The Morgan fingerprint density at radius 2 is 1.86 bits per heavy atom. The predicted octanol–water partition coefficient (Wildman–Crippen LogP) is 3.25. The van der Waals surface area contributed by atoms with Crippen LogP contribution in [0.3, 0.4) is 0 Å². The van der Waals surface area contributed by atoms with Gasteiger partial charge in [-0.05, 0) is 24.3 Å². The maximum atomic E-state index is 14.5. The van der Waals surface area contributed by atoms with Crippen LogP contribution in [0.4, 0.5) is 17.6 Å². The molecule has 0 spiro atoms. The van der Waals surface area contributed by atoms with E-state index in [0.717, 1.165) is 16.6 Å². The smallest absolute Gasteiger partial charge is 0.413 e. The molecule has 0 fully saturated rings. The fourth-order valence-corrected chi connectivity index (χ4v) is 3.16. The highest BCUT2D eigenvalue weighted by Crippen LogP contribution is 2.30. The largest absolute Gasteiger partial charge is 0.470 e. The summed E-state index contributed by atoms with van der Waals surface area (Å²) in [6, 6.07) is 8.42. The molecule has 0 atom stereocenters. The van der Waals surface area contributed by atoms with Crippen LogP contribution >= 0.6 is 0 Å². The van der Waals surface area contributed by atoms with Crippen LogP contribution in [-0.4, -0.2) is 34.2 Å². The van der Waals surface area contributed by atoms with Crippen LogP contribution in [0.25, 0.3) is 11.5 Å². The highest BCUT2D eigenvalue weighted by molar-refractivity contribution is 7.88. The van der Waals surface area contributed by atoms with Crippen LogP contribution < -0.4 is 0 Å². The molecule has 154 valence electrons. The van der Waals surface area contributed by atoms with Crippen LogP contribution in [0.15, 0.2) is 47.0 Å². The molecule has 12 heteroatoms. The molecule has 0 aliphatic carbocycles. The monoisotopic (exact) mass is 430 g/mol. The topological polar surface area (TPSA) is 89.2 Å². The second-order valence-electron chi connectivity index (χ2n) is 6.07. The van der Waals surface area contributed by atoms with Crippen molar-refractivity contribution in [1.82, 2.24) is 19.5 Å². The van der Waals surface area contributed by atoms with E-state index in [1.807, 2.05) is 0 Å². The van der Waals surface area contributed by atoms with E-state index in [9.17, 15) is 26.0 Å². The molecule has 0 amide bonds. The lowest BCUT2D eigenvalue weighted by molar-refractivity contribution is -0.156.